The average Bonchev–Trinajstić information content (AvgIpc) is 2.24. The van der Waals surface area contributed by atoms with Crippen LogP contribution in [0, 0.1) is 11.6 Å². The molecule has 0 heterocycles. The zero-order valence-corrected chi connectivity index (χ0v) is 10.0. The third-order valence-electron chi connectivity index (χ3n) is 2.33. The molecular weight excluding hydrogens is 224 g/mol. The molecule has 1 atom stereocenters. The predicted molar refractivity (Wildman–Crippen MR) is 63.6 cm³/mol. The van der Waals surface area contributed by atoms with E-state index in [1.807, 2.05) is 19.9 Å². The van der Waals surface area contributed by atoms with E-state index in [0.29, 0.717) is 6.54 Å². The largest absolute Gasteiger partial charge is 0.387 e. The van der Waals surface area contributed by atoms with Crippen molar-refractivity contribution in [3.05, 3.63) is 47.0 Å². The Morgan fingerprint density at radius 1 is 1.35 bits per heavy atom. The molecule has 17 heavy (non-hydrogen) atoms. The van der Waals surface area contributed by atoms with Crippen LogP contribution in [0.15, 0.2) is 29.8 Å². The summed E-state index contributed by atoms with van der Waals surface area (Å²) in [6.07, 6.45) is 0.756. The molecule has 0 saturated carbocycles. The second kappa shape index (κ2) is 6.47. The topological polar surface area (TPSA) is 32.3 Å². The molecule has 2 nitrogen and oxygen atoms in total. The van der Waals surface area contributed by atoms with Crippen LogP contribution in [0.2, 0.25) is 0 Å². The van der Waals surface area contributed by atoms with Gasteiger partial charge in [0.2, 0.25) is 0 Å². The van der Waals surface area contributed by atoms with Crippen molar-refractivity contribution in [3.8, 4) is 0 Å². The number of hydrogen-bond donors (Lipinski definition) is 2. The van der Waals surface area contributed by atoms with E-state index >= 15 is 0 Å². The fourth-order valence-electron chi connectivity index (χ4n) is 1.43. The molecule has 0 radical (unpaired) electrons. The van der Waals surface area contributed by atoms with Crippen molar-refractivity contribution in [1.29, 1.82) is 0 Å². The standard InChI is InChI=1S/C13H17F2NO/c1-9(2)6-7-16-8-12(17)13-10(14)4-3-5-11(13)15/h3-6,12,16-17H,7-8H2,1-2H3. The molecule has 0 bridgehead atoms. The Kier molecular flexibility index (Phi) is 5.25. The van der Waals surface area contributed by atoms with Crippen molar-refractivity contribution >= 4 is 0 Å². The van der Waals surface area contributed by atoms with Gasteiger partial charge in [0.1, 0.15) is 11.6 Å². The van der Waals surface area contributed by atoms with Gasteiger partial charge in [-0.25, -0.2) is 8.78 Å². The number of rotatable bonds is 5. The quantitative estimate of drug-likeness (QED) is 0.613. The van der Waals surface area contributed by atoms with E-state index in [-0.39, 0.29) is 12.1 Å². The Morgan fingerprint density at radius 3 is 2.47 bits per heavy atom. The highest BCUT2D eigenvalue weighted by Crippen LogP contribution is 2.19. The van der Waals surface area contributed by atoms with E-state index in [1.54, 1.807) is 0 Å². The van der Waals surface area contributed by atoms with Gasteiger partial charge in [-0.2, -0.15) is 0 Å². The summed E-state index contributed by atoms with van der Waals surface area (Å²) in [6, 6.07) is 3.55. The maximum atomic E-state index is 13.3. The third kappa shape index (κ3) is 4.24. The van der Waals surface area contributed by atoms with Crippen LogP contribution in [0.25, 0.3) is 0 Å². The first kappa shape index (κ1) is 13.8. The van der Waals surface area contributed by atoms with Gasteiger partial charge in [0.15, 0.2) is 0 Å². The molecule has 0 aliphatic carbocycles. The van der Waals surface area contributed by atoms with Gasteiger partial charge in [-0.05, 0) is 26.0 Å². The van der Waals surface area contributed by atoms with E-state index in [4.69, 9.17) is 0 Å². The smallest absolute Gasteiger partial charge is 0.131 e. The molecule has 0 aromatic heterocycles. The molecule has 0 aliphatic rings. The number of aliphatic hydroxyl groups is 1. The summed E-state index contributed by atoms with van der Waals surface area (Å²) in [7, 11) is 0. The normalized spacial score (nSPS) is 12.3. The average molecular weight is 241 g/mol. The number of halogens is 2. The lowest BCUT2D eigenvalue weighted by Crippen LogP contribution is -2.23. The molecule has 0 saturated heterocycles. The lowest BCUT2D eigenvalue weighted by Gasteiger charge is -2.13. The highest BCUT2D eigenvalue weighted by atomic mass is 19.1. The zero-order valence-electron chi connectivity index (χ0n) is 10.0. The van der Waals surface area contributed by atoms with Gasteiger partial charge in [0, 0.05) is 13.1 Å². The van der Waals surface area contributed by atoms with Gasteiger partial charge in [-0.3, -0.25) is 0 Å². The Bertz CT molecular complexity index is 380. The van der Waals surface area contributed by atoms with Crippen molar-refractivity contribution in [2.24, 2.45) is 0 Å². The van der Waals surface area contributed by atoms with Gasteiger partial charge in [0.05, 0.1) is 11.7 Å². The van der Waals surface area contributed by atoms with Gasteiger partial charge in [0.25, 0.3) is 0 Å². The van der Waals surface area contributed by atoms with Crippen LogP contribution in [-0.2, 0) is 0 Å². The Labute approximate surface area is 100.0 Å². The Hall–Kier alpha value is -1.26. The summed E-state index contributed by atoms with van der Waals surface area (Å²) in [5, 5.41) is 12.6. The van der Waals surface area contributed by atoms with Crippen LogP contribution in [0.4, 0.5) is 8.78 Å². The van der Waals surface area contributed by atoms with E-state index in [0.717, 1.165) is 17.7 Å². The molecule has 0 fully saturated rings. The second-order valence-corrected chi connectivity index (χ2v) is 4.09. The van der Waals surface area contributed by atoms with Gasteiger partial charge in [-0.1, -0.05) is 17.7 Å². The van der Waals surface area contributed by atoms with Crippen LogP contribution >= 0.6 is 0 Å². The highest BCUT2D eigenvalue weighted by Gasteiger charge is 2.16. The lowest BCUT2D eigenvalue weighted by atomic mass is 10.1. The second-order valence-electron chi connectivity index (χ2n) is 4.09. The lowest BCUT2D eigenvalue weighted by molar-refractivity contribution is 0.166. The van der Waals surface area contributed by atoms with Crippen molar-refractivity contribution < 1.29 is 13.9 Å². The molecule has 94 valence electrons. The molecule has 4 heteroatoms. The SMILES string of the molecule is CC(C)=CCNCC(O)c1c(F)cccc1F. The first-order chi connectivity index (χ1) is 8.02. The van der Waals surface area contributed by atoms with Crippen molar-refractivity contribution in [2.75, 3.05) is 13.1 Å². The molecule has 1 aromatic carbocycles. The summed E-state index contributed by atoms with van der Waals surface area (Å²) in [4.78, 5) is 0. The number of benzene rings is 1. The molecule has 0 spiro atoms. The Balaban J connectivity index is 2.58. The van der Waals surface area contributed by atoms with Crippen LogP contribution in [0.5, 0.6) is 0 Å². The molecule has 1 unspecified atom stereocenters. The predicted octanol–water partition coefficient (Wildman–Crippen LogP) is 2.55. The summed E-state index contributed by atoms with van der Waals surface area (Å²) < 4.78 is 26.6. The summed E-state index contributed by atoms with van der Waals surface area (Å²) in [5.41, 5.74) is 0.862. The fraction of sp³-hybridized carbons (Fsp3) is 0.385. The van der Waals surface area contributed by atoms with E-state index in [2.05, 4.69) is 5.32 Å². The molecule has 2 N–H and O–H groups in total. The van der Waals surface area contributed by atoms with Gasteiger partial charge < -0.3 is 10.4 Å². The number of hydrogen-bond acceptors (Lipinski definition) is 2. The monoisotopic (exact) mass is 241 g/mol. The Morgan fingerprint density at radius 2 is 1.94 bits per heavy atom. The first-order valence-electron chi connectivity index (χ1n) is 5.48. The third-order valence-corrected chi connectivity index (χ3v) is 2.33. The number of allylic oxidation sites excluding steroid dienone is 1. The van der Waals surface area contributed by atoms with Crippen LogP contribution < -0.4 is 5.32 Å². The zero-order chi connectivity index (χ0) is 12.8. The minimum Gasteiger partial charge on any atom is -0.387 e. The van der Waals surface area contributed by atoms with E-state index < -0.39 is 17.7 Å². The number of aliphatic hydroxyl groups excluding tert-OH is 1. The maximum Gasteiger partial charge on any atom is 0.131 e. The molecule has 1 aromatic rings. The van der Waals surface area contributed by atoms with Gasteiger partial charge in [-0.15, -0.1) is 0 Å². The highest BCUT2D eigenvalue weighted by molar-refractivity contribution is 5.22. The van der Waals surface area contributed by atoms with Crippen molar-refractivity contribution in [2.45, 2.75) is 20.0 Å². The minimum atomic E-state index is -1.18. The van der Waals surface area contributed by atoms with Gasteiger partial charge >= 0.3 is 0 Å². The first-order valence-corrected chi connectivity index (χ1v) is 5.48. The van der Waals surface area contributed by atoms with Crippen molar-refractivity contribution in [1.82, 2.24) is 5.32 Å². The summed E-state index contributed by atoms with van der Waals surface area (Å²) in [6.45, 7) is 4.58. The van der Waals surface area contributed by atoms with Crippen LogP contribution in [0.1, 0.15) is 25.5 Å². The maximum absolute atomic E-state index is 13.3. The van der Waals surface area contributed by atoms with Crippen LogP contribution in [0.3, 0.4) is 0 Å². The molecule has 1 rings (SSSR count). The number of nitrogens with one attached hydrogen (secondary N) is 1. The van der Waals surface area contributed by atoms with Crippen LogP contribution in [-0.4, -0.2) is 18.2 Å². The van der Waals surface area contributed by atoms with E-state index in [9.17, 15) is 13.9 Å². The summed E-state index contributed by atoms with van der Waals surface area (Å²) >= 11 is 0. The van der Waals surface area contributed by atoms with E-state index in [1.165, 1.54) is 6.07 Å². The summed E-state index contributed by atoms with van der Waals surface area (Å²) in [5.74, 6) is -1.44. The molecular formula is C13H17F2NO. The molecule has 0 aliphatic heterocycles. The fourth-order valence-corrected chi connectivity index (χ4v) is 1.43. The van der Waals surface area contributed by atoms with Crippen molar-refractivity contribution in [3.63, 3.8) is 0 Å². The molecule has 0 amide bonds. The minimum absolute atomic E-state index is 0.113.